The summed E-state index contributed by atoms with van der Waals surface area (Å²) in [6.07, 6.45) is 0. The van der Waals surface area contributed by atoms with E-state index in [-0.39, 0.29) is 4.87 Å². The molecule has 0 amide bonds. The molecule has 0 spiro atoms. The standard InChI is InChI=1S/C22H22N6O3S2/c1-13(12-28-16-10-17(30-3)18(31-4)11-19(16)32-22(28)29)24-27-21-23-14(2)20(33-21)26-25-15-8-6-5-7-9-15/h5-11H,12H2,1-4H3,(H,23,27)/b24-13+,26-25?. The first-order valence-corrected chi connectivity index (χ1v) is 11.6. The lowest BCUT2D eigenvalue weighted by molar-refractivity contribution is 0.356. The average Bonchev–Trinajstić information content (AvgIpc) is 3.34. The fourth-order valence-electron chi connectivity index (χ4n) is 3.07. The molecule has 0 aliphatic heterocycles. The van der Waals surface area contributed by atoms with Crippen molar-refractivity contribution in [3.8, 4) is 11.5 Å². The summed E-state index contributed by atoms with van der Waals surface area (Å²) in [4.78, 5) is 16.9. The highest BCUT2D eigenvalue weighted by Gasteiger charge is 2.14. The van der Waals surface area contributed by atoms with Crippen LogP contribution in [0.2, 0.25) is 0 Å². The van der Waals surface area contributed by atoms with Crippen molar-refractivity contribution in [1.82, 2.24) is 9.55 Å². The monoisotopic (exact) mass is 482 g/mol. The van der Waals surface area contributed by atoms with Crippen molar-refractivity contribution in [3.05, 3.63) is 57.8 Å². The van der Waals surface area contributed by atoms with E-state index in [4.69, 9.17) is 9.47 Å². The molecule has 4 aromatic rings. The Bertz CT molecular complexity index is 1390. The van der Waals surface area contributed by atoms with Crippen molar-refractivity contribution < 1.29 is 9.47 Å². The van der Waals surface area contributed by atoms with Gasteiger partial charge in [0.2, 0.25) is 5.13 Å². The van der Waals surface area contributed by atoms with Crippen molar-refractivity contribution in [3.63, 3.8) is 0 Å². The lowest BCUT2D eigenvalue weighted by atomic mass is 10.3. The number of nitrogens with zero attached hydrogens (tertiary/aromatic N) is 5. The van der Waals surface area contributed by atoms with Gasteiger partial charge in [-0.05, 0) is 26.0 Å². The van der Waals surface area contributed by atoms with E-state index in [1.54, 1.807) is 24.9 Å². The van der Waals surface area contributed by atoms with E-state index in [2.05, 4.69) is 25.7 Å². The second-order valence-corrected chi connectivity index (χ2v) is 9.00. The molecule has 33 heavy (non-hydrogen) atoms. The SMILES string of the molecule is COc1cc2sc(=O)n(C/C(C)=N/Nc3nc(C)c(N=Nc4ccccc4)s3)c2cc1OC. The zero-order chi connectivity index (χ0) is 23.4. The zero-order valence-corrected chi connectivity index (χ0v) is 20.2. The van der Waals surface area contributed by atoms with Gasteiger partial charge in [0.15, 0.2) is 16.5 Å². The molecule has 0 bridgehead atoms. The lowest BCUT2D eigenvalue weighted by Gasteiger charge is -2.09. The smallest absolute Gasteiger partial charge is 0.308 e. The molecular weight excluding hydrogens is 460 g/mol. The number of aromatic nitrogens is 2. The minimum Gasteiger partial charge on any atom is -0.493 e. The Morgan fingerprint density at radius 3 is 2.55 bits per heavy atom. The molecular formula is C22H22N6O3S2. The number of benzene rings is 2. The Labute approximate surface area is 198 Å². The fraction of sp³-hybridized carbons (Fsp3) is 0.227. The number of hydrogen-bond acceptors (Lipinski definition) is 10. The molecule has 0 saturated carbocycles. The third-order valence-corrected chi connectivity index (χ3v) is 6.58. The van der Waals surface area contributed by atoms with Crippen LogP contribution in [0.3, 0.4) is 0 Å². The highest BCUT2D eigenvalue weighted by atomic mass is 32.1. The normalized spacial score (nSPS) is 11.9. The Morgan fingerprint density at radius 2 is 1.82 bits per heavy atom. The first-order chi connectivity index (χ1) is 16.0. The minimum absolute atomic E-state index is 0.0800. The Morgan fingerprint density at radius 1 is 1.09 bits per heavy atom. The van der Waals surface area contributed by atoms with E-state index in [9.17, 15) is 4.79 Å². The minimum atomic E-state index is -0.0800. The molecule has 2 heterocycles. The molecule has 9 nitrogen and oxygen atoms in total. The summed E-state index contributed by atoms with van der Waals surface area (Å²) in [5.74, 6) is 1.16. The summed E-state index contributed by atoms with van der Waals surface area (Å²) < 4.78 is 13.2. The molecule has 2 aromatic heterocycles. The molecule has 170 valence electrons. The Kier molecular flexibility index (Phi) is 6.80. The van der Waals surface area contributed by atoms with Gasteiger partial charge in [-0.25, -0.2) is 4.98 Å². The molecule has 11 heteroatoms. The molecule has 0 atom stereocenters. The van der Waals surface area contributed by atoms with E-state index < -0.39 is 0 Å². The summed E-state index contributed by atoms with van der Waals surface area (Å²) in [6.45, 7) is 4.04. The third kappa shape index (κ3) is 5.10. The van der Waals surface area contributed by atoms with Crippen molar-refractivity contribution >= 4 is 54.4 Å². The number of hydrogen-bond donors (Lipinski definition) is 1. The quantitative estimate of drug-likeness (QED) is 0.196. The van der Waals surface area contributed by atoms with Crippen LogP contribution in [0.25, 0.3) is 10.2 Å². The average molecular weight is 483 g/mol. The van der Waals surface area contributed by atoms with Crippen molar-refractivity contribution in [2.45, 2.75) is 20.4 Å². The number of methoxy groups -OCH3 is 2. The fourth-order valence-corrected chi connectivity index (χ4v) is 4.71. The van der Waals surface area contributed by atoms with Crippen LogP contribution < -0.4 is 19.8 Å². The van der Waals surface area contributed by atoms with Crippen LogP contribution in [-0.2, 0) is 6.54 Å². The van der Waals surface area contributed by atoms with Crippen molar-refractivity contribution in [2.75, 3.05) is 19.6 Å². The molecule has 0 aliphatic carbocycles. The topological polar surface area (TPSA) is 102 Å². The van der Waals surface area contributed by atoms with E-state index in [0.29, 0.717) is 33.9 Å². The maximum atomic E-state index is 12.6. The van der Waals surface area contributed by atoms with Gasteiger partial charge in [-0.15, -0.1) is 10.2 Å². The molecule has 0 unspecified atom stereocenters. The molecule has 1 N–H and O–H groups in total. The largest absolute Gasteiger partial charge is 0.493 e. The molecule has 0 fully saturated rings. The van der Waals surface area contributed by atoms with E-state index in [0.717, 1.165) is 32.9 Å². The predicted octanol–water partition coefficient (Wildman–Crippen LogP) is 5.75. The number of fused-ring (bicyclic) bond motifs is 1. The summed E-state index contributed by atoms with van der Waals surface area (Å²) >= 11 is 2.51. The number of azo groups is 1. The second-order valence-electron chi connectivity index (χ2n) is 7.03. The molecule has 0 aliphatic rings. The van der Waals surface area contributed by atoms with Gasteiger partial charge in [0.05, 0.1) is 48.1 Å². The number of hydrazone groups is 1. The Balaban J connectivity index is 1.50. The van der Waals surface area contributed by atoms with Crippen LogP contribution in [-0.4, -0.2) is 29.5 Å². The first-order valence-electron chi connectivity index (χ1n) is 9.97. The van der Waals surface area contributed by atoms with Crippen molar-refractivity contribution in [1.29, 1.82) is 0 Å². The van der Waals surface area contributed by atoms with Crippen LogP contribution in [0.4, 0.5) is 15.8 Å². The van der Waals surface area contributed by atoms with Gasteiger partial charge >= 0.3 is 4.87 Å². The van der Waals surface area contributed by atoms with E-state index in [1.807, 2.05) is 50.2 Å². The summed E-state index contributed by atoms with van der Waals surface area (Å²) in [6, 6.07) is 13.1. The summed E-state index contributed by atoms with van der Waals surface area (Å²) in [7, 11) is 3.14. The number of rotatable bonds is 8. The number of nitrogens with one attached hydrogen (secondary N) is 1. The number of ether oxygens (including phenoxy) is 2. The first kappa shape index (κ1) is 22.6. The summed E-state index contributed by atoms with van der Waals surface area (Å²) in [5, 5.41) is 14.2. The van der Waals surface area contributed by atoms with Gasteiger partial charge in [-0.1, -0.05) is 40.9 Å². The van der Waals surface area contributed by atoms with Crippen LogP contribution in [0.1, 0.15) is 12.6 Å². The highest BCUT2D eigenvalue weighted by molar-refractivity contribution is 7.19. The second kappa shape index (κ2) is 9.92. The van der Waals surface area contributed by atoms with Gasteiger partial charge in [-0.3, -0.25) is 14.8 Å². The predicted molar refractivity (Wildman–Crippen MR) is 133 cm³/mol. The molecule has 4 rings (SSSR count). The van der Waals surface area contributed by atoms with Gasteiger partial charge in [0.25, 0.3) is 0 Å². The number of thiazole rings is 2. The van der Waals surface area contributed by atoms with Crippen LogP contribution in [0.5, 0.6) is 11.5 Å². The zero-order valence-electron chi connectivity index (χ0n) is 18.5. The van der Waals surface area contributed by atoms with Crippen LogP contribution in [0, 0.1) is 6.92 Å². The van der Waals surface area contributed by atoms with Crippen LogP contribution in [0.15, 0.2) is 62.6 Å². The molecule has 0 radical (unpaired) electrons. The maximum Gasteiger partial charge on any atom is 0.308 e. The van der Waals surface area contributed by atoms with Crippen LogP contribution >= 0.6 is 22.7 Å². The van der Waals surface area contributed by atoms with Gasteiger partial charge in [-0.2, -0.15) is 5.10 Å². The van der Waals surface area contributed by atoms with Gasteiger partial charge < -0.3 is 9.47 Å². The van der Waals surface area contributed by atoms with E-state index >= 15 is 0 Å². The summed E-state index contributed by atoms with van der Waals surface area (Å²) in [5.41, 5.74) is 5.98. The molecule has 0 saturated heterocycles. The number of anilines is 1. The van der Waals surface area contributed by atoms with E-state index in [1.165, 1.54) is 11.3 Å². The van der Waals surface area contributed by atoms with Crippen molar-refractivity contribution in [2.24, 2.45) is 15.3 Å². The Hall–Kier alpha value is -3.57. The lowest BCUT2D eigenvalue weighted by Crippen LogP contribution is -2.18. The third-order valence-electron chi connectivity index (χ3n) is 4.69. The van der Waals surface area contributed by atoms with Gasteiger partial charge in [0, 0.05) is 12.1 Å². The number of aryl methyl sites for hydroxylation is 1. The van der Waals surface area contributed by atoms with Gasteiger partial charge in [0.1, 0.15) is 0 Å². The maximum absolute atomic E-state index is 12.6. The highest BCUT2D eigenvalue weighted by Crippen LogP contribution is 2.34. The molecule has 2 aromatic carbocycles.